The van der Waals surface area contributed by atoms with Gasteiger partial charge in [0.2, 0.25) is 5.91 Å². The van der Waals surface area contributed by atoms with Crippen LogP contribution in [-0.4, -0.2) is 46.9 Å². The van der Waals surface area contributed by atoms with Crippen molar-refractivity contribution in [3.63, 3.8) is 0 Å². The van der Waals surface area contributed by atoms with Crippen LogP contribution in [0.4, 0.5) is 0 Å². The molecule has 3 unspecified atom stereocenters. The number of hydrogen-bond donors (Lipinski definition) is 3. The Morgan fingerprint density at radius 3 is 1.29 bits per heavy atom. The highest BCUT2D eigenvalue weighted by atomic mass is 16.5. The van der Waals surface area contributed by atoms with E-state index in [1.165, 1.54) is 154 Å². The van der Waals surface area contributed by atoms with E-state index in [1.54, 1.807) is 0 Å². The molecule has 0 heterocycles. The molecule has 0 aromatic carbocycles. The average Bonchev–Trinajstić information content (AvgIpc) is 3.22. The summed E-state index contributed by atoms with van der Waals surface area (Å²) in [6, 6.07) is -0.704. The minimum atomic E-state index is -0.789. The minimum absolute atomic E-state index is 0.0648. The number of ether oxygens (including phenoxy) is 1. The van der Waals surface area contributed by atoms with Crippen molar-refractivity contribution in [3.8, 4) is 0 Å². The van der Waals surface area contributed by atoms with Gasteiger partial charge in [-0.05, 0) is 51.4 Å². The number of carbonyl (C=O) groups excluding carboxylic acids is 2. The van der Waals surface area contributed by atoms with Gasteiger partial charge in [-0.25, -0.2) is 0 Å². The smallest absolute Gasteiger partial charge is 0.306 e. The van der Waals surface area contributed by atoms with Gasteiger partial charge in [-0.1, -0.05) is 231 Å². The molecule has 0 aromatic rings. The number of unbranched alkanes of at least 4 members (excludes halogenated alkanes) is 31. The third-order valence-corrected chi connectivity index (χ3v) is 11.8. The lowest BCUT2D eigenvalue weighted by Crippen LogP contribution is -2.46. The Balaban J connectivity index is 4.62. The van der Waals surface area contributed by atoms with Crippen molar-refractivity contribution in [1.29, 1.82) is 0 Å². The standard InChI is InChI=1S/C52H99NO5/c1-4-7-10-13-16-19-22-24-25-26-27-29-31-34-37-40-43-48(58-52(57)45-42-39-36-33-30-23-20-17-14-11-8-5-2)46-51(56)53-49(47-54)50(55)44-41-38-35-32-28-21-18-15-12-9-6-3/h25-27,29,48-50,54-55H,4-24,28,30-47H2,1-3H3,(H,53,56)/b26-25+,29-27+. The molecule has 0 fully saturated rings. The van der Waals surface area contributed by atoms with E-state index in [2.05, 4.69) is 50.4 Å². The molecule has 0 aliphatic carbocycles. The molecule has 3 N–H and O–H groups in total. The quantitative estimate of drug-likeness (QED) is 0.0323. The summed E-state index contributed by atoms with van der Waals surface area (Å²) in [4.78, 5) is 26.1. The van der Waals surface area contributed by atoms with Crippen LogP contribution >= 0.6 is 0 Å². The van der Waals surface area contributed by atoms with Gasteiger partial charge in [-0.3, -0.25) is 9.59 Å². The van der Waals surface area contributed by atoms with Crippen molar-refractivity contribution in [3.05, 3.63) is 24.3 Å². The van der Waals surface area contributed by atoms with E-state index in [-0.39, 0.29) is 24.9 Å². The molecule has 0 aromatic heterocycles. The maximum Gasteiger partial charge on any atom is 0.306 e. The first-order chi connectivity index (χ1) is 28.5. The average molecular weight is 818 g/mol. The van der Waals surface area contributed by atoms with Crippen molar-refractivity contribution in [2.45, 2.75) is 289 Å². The van der Waals surface area contributed by atoms with Crippen LogP contribution in [-0.2, 0) is 14.3 Å². The zero-order valence-electron chi connectivity index (χ0n) is 38.9. The summed E-state index contributed by atoms with van der Waals surface area (Å²) in [7, 11) is 0. The van der Waals surface area contributed by atoms with E-state index in [4.69, 9.17) is 4.74 Å². The van der Waals surface area contributed by atoms with Crippen LogP contribution in [0.2, 0.25) is 0 Å². The molecule has 6 nitrogen and oxygen atoms in total. The highest BCUT2D eigenvalue weighted by Crippen LogP contribution is 2.18. The number of esters is 1. The van der Waals surface area contributed by atoms with Crippen molar-refractivity contribution >= 4 is 11.9 Å². The van der Waals surface area contributed by atoms with E-state index in [0.29, 0.717) is 19.3 Å². The third kappa shape index (κ3) is 41.1. The summed E-state index contributed by atoms with van der Waals surface area (Å²) < 4.78 is 5.92. The molecule has 0 saturated heterocycles. The molecule has 0 spiro atoms. The highest BCUT2D eigenvalue weighted by Gasteiger charge is 2.24. The largest absolute Gasteiger partial charge is 0.462 e. The van der Waals surface area contributed by atoms with Crippen LogP contribution in [0.5, 0.6) is 0 Å². The molecule has 6 heteroatoms. The summed E-state index contributed by atoms with van der Waals surface area (Å²) in [5.41, 5.74) is 0. The first-order valence-corrected chi connectivity index (χ1v) is 25.6. The Kier molecular flexibility index (Phi) is 45.1. The summed E-state index contributed by atoms with van der Waals surface area (Å²) in [5, 5.41) is 23.7. The van der Waals surface area contributed by atoms with E-state index in [1.807, 2.05) is 0 Å². The number of carbonyl (C=O) groups is 2. The fourth-order valence-electron chi connectivity index (χ4n) is 7.89. The van der Waals surface area contributed by atoms with Gasteiger partial charge in [0.1, 0.15) is 6.10 Å². The lowest BCUT2D eigenvalue weighted by atomic mass is 10.0. The minimum Gasteiger partial charge on any atom is -0.462 e. The second kappa shape index (κ2) is 46.4. The number of nitrogens with one attached hydrogen (secondary N) is 1. The van der Waals surface area contributed by atoms with Crippen LogP contribution in [0.25, 0.3) is 0 Å². The monoisotopic (exact) mass is 818 g/mol. The van der Waals surface area contributed by atoms with Gasteiger partial charge in [-0.2, -0.15) is 0 Å². The molecule has 0 aliphatic rings. The van der Waals surface area contributed by atoms with Crippen LogP contribution in [0.1, 0.15) is 271 Å². The zero-order chi connectivity index (χ0) is 42.4. The molecule has 0 bridgehead atoms. The van der Waals surface area contributed by atoms with Crippen LogP contribution in [0.15, 0.2) is 24.3 Å². The summed E-state index contributed by atoms with van der Waals surface area (Å²) in [5.74, 6) is -0.488. The molecular weight excluding hydrogens is 719 g/mol. The third-order valence-electron chi connectivity index (χ3n) is 11.8. The second-order valence-electron chi connectivity index (χ2n) is 17.6. The Bertz CT molecular complexity index is 919. The summed E-state index contributed by atoms with van der Waals surface area (Å²) >= 11 is 0. The van der Waals surface area contributed by atoms with Crippen molar-refractivity contribution in [2.24, 2.45) is 0 Å². The lowest BCUT2D eigenvalue weighted by Gasteiger charge is -2.24. The number of allylic oxidation sites excluding steroid dienone is 4. The molecule has 0 aliphatic heterocycles. The fraction of sp³-hybridized carbons (Fsp3) is 0.885. The zero-order valence-corrected chi connectivity index (χ0v) is 38.9. The van der Waals surface area contributed by atoms with E-state index in [9.17, 15) is 19.8 Å². The highest BCUT2D eigenvalue weighted by molar-refractivity contribution is 5.77. The molecule has 0 radical (unpaired) electrons. The molecule has 342 valence electrons. The normalized spacial score (nSPS) is 13.4. The molecule has 3 atom stereocenters. The van der Waals surface area contributed by atoms with Crippen molar-refractivity contribution in [1.82, 2.24) is 5.32 Å². The number of rotatable bonds is 46. The van der Waals surface area contributed by atoms with Gasteiger partial charge in [0.15, 0.2) is 0 Å². The maximum absolute atomic E-state index is 13.2. The van der Waals surface area contributed by atoms with E-state index >= 15 is 0 Å². The van der Waals surface area contributed by atoms with Crippen molar-refractivity contribution in [2.75, 3.05) is 6.61 Å². The molecule has 0 rings (SSSR count). The summed E-state index contributed by atoms with van der Waals surface area (Å²) in [6.45, 7) is 6.47. The molecule has 0 saturated carbocycles. The van der Waals surface area contributed by atoms with Crippen LogP contribution in [0, 0.1) is 0 Å². The van der Waals surface area contributed by atoms with Gasteiger partial charge < -0.3 is 20.3 Å². The van der Waals surface area contributed by atoms with Gasteiger partial charge in [-0.15, -0.1) is 0 Å². The van der Waals surface area contributed by atoms with Crippen molar-refractivity contribution < 1.29 is 24.5 Å². The Morgan fingerprint density at radius 1 is 0.500 bits per heavy atom. The van der Waals surface area contributed by atoms with Gasteiger partial charge in [0.25, 0.3) is 0 Å². The van der Waals surface area contributed by atoms with Crippen LogP contribution < -0.4 is 5.32 Å². The SMILES string of the molecule is CCCCCCCCC/C=C/C=C/CCCCCC(CC(=O)NC(CO)C(O)CCCCCCCCCCCCC)OC(=O)CCCCCCCCCCCCCC. The Hall–Kier alpha value is -1.66. The molecular formula is C52H99NO5. The van der Waals surface area contributed by atoms with E-state index < -0.39 is 18.2 Å². The van der Waals surface area contributed by atoms with Crippen LogP contribution in [0.3, 0.4) is 0 Å². The number of hydrogen-bond acceptors (Lipinski definition) is 5. The van der Waals surface area contributed by atoms with E-state index in [0.717, 1.165) is 70.6 Å². The number of aliphatic hydroxyl groups is 2. The van der Waals surface area contributed by atoms with Gasteiger partial charge in [0.05, 0.1) is 25.2 Å². The molecule has 58 heavy (non-hydrogen) atoms. The summed E-state index contributed by atoms with van der Waals surface area (Å²) in [6.07, 6.45) is 52.3. The topological polar surface area (TPSA) is 95.9 Å². The Labute approximate surface area is 361 Å². The first-order valence-electron chi connectivity index (χ1n) is 25.6. The maximum atomic E-state index is 13.2. The predicted octanol–water partition coefficient (Wildman–Crippen LogP) is 15.1. The molecule has 1 amide bonds. The van der Waals surface area contributed by atoms with Gasteiger partial charge in [0, 0.05) is 6.42 Å². The second-order valence-corrected chi connectivity index (χ2v) is 17.6. The Morgan fingerprint density at radius 2 is 0.862 bits per heavy atom. The number of aliphatic hydroxyl groups excluding tert-OH is 2. The number of amides is 1. The van der Waals surface area contributed by atoms with Gasteiger partial charge >= 0.3 is 5.97 Å². The lowest BCUT2D eigenvalue weighted by molar-refractivity contribution is -0.151. The predicted molar refractivity (Wildman–Crippen MR) is 250 cm³/mol. The first kappa shape index (κ1) is 56.3. The fourth-order valence-corrected chi connectivity index (χ4v) is 7.89.